The van der Waals surface area contributed by atoms with Gasteiger partial charge in [-0.1, -0.05) is 19.8 Å². The second-order valence-corrected chi connectivity index (χ2v) is 5.76. The minimum Gasteiger partial charge on any atom is -0.310 e. The van der Waals surface area contributed by atoms with Crippen LogP contribution in [0.25, 0.3) is 0 Å². The SMILES string of the molecule is C#CCSCCNCc1csc(C(C)C)n1. The van der Waals surface area contributed by atoms with Crippen LogP contribution >= 0.6 is 23.1 Å². The van der Waals surface area contributed by atoms with Crippen molar-refractivity contribution in [2.24, 2.45) is 0 Å². The van der Waals surface area contributed by atoms with Crippen molar-refractivity contribution in [3.63, 3.8) is 0 Å². The highest BCUT2D eigenvalue weighted by molar-refractivity contribution is 7.99. The summed E-state index contributed by atoms with van der Waals surface area (Å²) in [4.78, 5) is 4.56. The van der Waals surface area contributed by atoms with Crippen molar-refractivity contribution < 1.29 is 0 Å². The molecule has 0 aliphatic carbocycles. The van der Waals surface area contributed by atoms with Gasteiger partial charge in [-0.3, -0.25) is 0 Å². The molecule has 0 amide bonds. The predicted octanol–water partition coefficient (Wildman–Crippen LogP) is 2.72. The van der Waals surface area contributed by atoms with Gasteiger partial charge in [-0.05, 0) is 0 Å². The summed E-state index contributed by atoms with van der Waals surface area (Å²) in [6.07, 6.45) is 5.17. The Bertz CT molecular complexity index is 339. The van der Waals surface area contributed by atoms with Gasteiger partial charge in [0.25, 0.3) is 0 Å². The van der Waals surface area contributed by atoms with Gasteiger partial charge in [0.1, 0.15) is 0 Å². The summed E-state index contributed by atoms with van der Waals surface area (Å²) in [5.41, 5.74) is 1.15. The lowest BCUT2D eigenvalue weighted by Crippen LogP contribution is -2.16. The Morgan fingerprint density at radius 2 is 2.44 bits per heavy atom. The van der Waals surface area contributed by atoms with Gasteiger partial charge in [-0.15, -0.1) is 29.5 Å². The molecule has 0 aliphatic heterocycles. The van der Waals surface area contributed by atoms with Crippen LogP contribution in [0.2, 0.25) is 0 Å². The van der Waals surface area contributed by atoms with Gasteiger partial charge in [-0.2, -0.15) is 0 Å². The number of thiazole rings is 1. The van der Waals surface area contributed by atoms with E-state index in [1.165, 1.54) is 5.01 Å². The fourth-order valence-corrected chi connectivity index (χ4v) is 2.55. The van der Waals surface area contributed by atoms with E-state index in [0.29, 0.717) is 5.92 Å². The molecule has 1 heterocycles. The topological polar surface area (TPSA) is 24.9 Å². The quantitative estimate of drug-likeness (QED) is 0.598. The summed E-state index contributed by atoms with van der Waals surface area (Å²) in [5, 5.41) is 6.72. The molecule has 1 aromatic heterocycles. The zero-order valence-electron chi connectivity index (χ0n) is 9.82. The first-order chi connectivity index (χ1) is 7.74. The van der Waals surface area contributed by atoms with Crippen molar-refractivity contribution in [1.82, 2.24) is 10.3 Å². The molecule has 0 radical (unpaired) electrons. The maximum atomic E-state index is 5.17. The summed E-state index contributed by atoms with van der Waals surface area (Å²) in [7, 11) is 0. The van der Waals surface area contributed by atoms with Gasteiger partial charge in [0.15, 0.2) is 0 Å². The molecule has 0 aliphatic rings. The van der Waals surface area contributed by atoms with E-state index >= 15 is 0 Å². The Balaban J connectivity index is 2.15. The Morgan fingerprint density at radius 3 is 3.06 bits per heavy atom. The van der Waals surface area contributed by atoms with Crippen molar-refractivity contribution in [2.45, 2.75) is 26.3 Å². The molecule has 0 aromatic carbocycles. The van der Waals surface area contributed by atoms with Crippen molar-refractivity contribution in [3.8, 4) is 12.3 Å². The average Bonchev–Trinajstić information content (AvgIpc) is 2.72. The number of nitrogens with one attached hydrogen (secondary N) is 1. The second-order valence-electron chi connectivity index (χ2n) is 3.77. The molecule has 88 valence electrons. The van der Waals surface area contributed by atoms with Crippen molar-refractivity contribution >= 4 is 23.1 Å². The molecule has 0 fully saturated rings. The predicted molar refractivity (Wildman–Crippen MR) is 74.1 cm³/mol. The van der Waals surface area contributed by atoms with Gasteiger partial charge < -0.3 is 5.32 Å². The molecule has 0 spiro atoms. The largest absolute Gasteiger partial charge is 0.310 e. The molecular weight excluding hydrogens is 236 g/mol. The lowest BCUT2D eigenvalue weighted by Gasteiger charge is -2.01. The molecule has 1 rings (SSSR count). The zero-order chi connectivity index (χ0) is 11.8. The fraction of sp³-hybridized carbons (Fsp3) is 0.583. The van der Waals surface area contributed by atoms with Crippen molar-refractivity contribution in [1.29, 1.82) is 0 Å². The van der Waals surface area contributed by atoms with Crippen molar-refractivity contribution in [3.05, 3.63) is 16.1 Å². The smallest absolute Gasteiger partial charge is 0.0954 e. The van der Waals surface area contributed by atoms with Gasteiger partial charge in [-0.25, -0.2) is 4.98 Å². The van der Waals surface area contributed by atoms with E-state index in [-0.39, 0.29) is 0 Å². The third-order valence-electron chi connectivity index (χ3n) is 1.98. The number of hydrogen-bond acceptors (Lipinski definition) is 4. The van der Waals surface area contributed by atoms with Gasteiger partial charge in [0, 0.05) is 30.1 Å². The lowest BCUT2D eigenvalue weighted by molar-refractivity contribution is 0.712. The third kappa shape index (κ3) is 5.02. The molecule has 0 bridgehead atoms. The first-order valence-corrected chi connectivity index (χ1v) is 7.43. The number of terminal acetylenes is 1. The Hall–Kier alpha value is -0.500. The standard InChI is InChI=1S/C12H18N2S2/c1-4-6-15-7-5-13-8-11-9-16-12(14-11)10(2)3/h1,9-10,13H,5-8H2,2-3H3. The number of hydrogen-bond donors (Lipinski definition) is 1. The minimum absolute atomic E-state index is 0.532. The molecule has 1 aromatic rings. The van der Waals surface area contributed by atoms with Crippen LogP contribution in [0, 0.1) is 12.3 Å². The lowest BCUT2D eigenvalue weighted by atomic mass is 10.2. The molecule has 16 heavy (non-hydrogen) atoms. The third-order valence-corrected chi connectivity index (χ3v) is 4.04. The van der Waals surface area contributed by atoms with Crippen LogP contribution < -0.4 is 5.32 Å². The van der Waals surface area contributed by atoms with Gasteiger partial charge in [0.2, 0.25) is 0 Å². The van der Waals surface area contributed by atoms with E-state index in [1.807, 2.05) is 0 Å². The highest BCUT2D eigenvalue weighted by atomic mass is 32.2. The van der Waals surface area contributed by atoms with E-state index in [0.717, 1.165) is 30.3 Å². The van der Waals surface area contributed by atoms with E-state index < -0.39 is 0 Å². The Kier molecular flexibility index (Phi) is 6.55. The van der Waals surface area contributed by atoms with E-state index in [9.17, 15) is 0 Å². The average molecular weight is 254 g/mol. The molecule has 1 N–H and O–H groups in total. The highest BCUT2D eigenvalue weighted by Gasteiger charge is 2.04. The van der Waals surface area contributed by atoms with Gasteiger partial charge >= 0.3 is 0 Å². The van der Waals surface area contributed by atoms with Crippen LogP contribution in [0.15, 0.2) is 5.38 Å². The number of thioether (sulfide) groups is 1. The number of aromatic nitrogens is 1. The minimum atomic E-state index is 0.532. The van der Waals surface area contributed by atoms with E-state index in [4.69, 9.17) is 6.42 Å². The normalized spacial score (nSPS) is 10.6. The number of nitrogens with zero attached hydrogens (tertiary/aromatic N) is 1. The second kappa shape index (κ2) is 7.72. The van der Waals surface area contributed by atoms with Crippen LogP contribution in [-0.2, 0) is 6.54 Å². The van der Waals surface area contributed by atoms with Crippen molar-refractivity contribution in [2.75, 3.05) is 18.1 Å². The molecule has 4 heteroatoms. The summed E-state index contributed by atoms with van der Waals surface area (Å²) >= 11 is 3.53. The highest BCUT2D eigenvalue weighted by Crippen LogP contribution is 2.18. The zero-order valence-corrected chi connectivity index (χ0v) is 11.5. The molecule has 2 nitrogen and oxygen atoms in total. The summed E-state index contributed by atoms with van der Waals surface area (Å²) in [5.74, 6) is 5.01. The molecule has 0 saturated heterocycles. The Labute approximate surface area is 106 Å². The van der Waals surface area contributed by atoms with E-state index in [2.05, 4.69) is 35.4 Å². The molecule has 0 unspecified atom stereocenters. The summed E-state index contributed by atoms with van der Waals surface area (Å²) in [6.45, 7) is 6.19. The van der Waals surface area contributed by atoms with Crippen LogP contribution in [-0.4, -0.2) is 23.0 Å². The monoisotopic (exact) mass is 254 g/mol. The first-order valence-electron chi connectivity index (χ1n) is 5.40. The fourth-order valence-electron chi connectivity index (χ4n) is 1.16. The summed E-state index contributed by atoms with van der Waals surface area (Å²) in [6, 6.07) is 0. The van der Waals surface area contributed by atoms with Crippen LogP contribution in [0.1, 0.15) is 30.5 Å². The van der Waals surface area contributed by atoms with Crippen LogP contribution in [0.3, 0.4) is 0 Å². The molecule has 0 saturated carbocycles. The van der Waals surface area contributed by atoms with Crippen LogP contribution in [0.5, 0.6) is 0 Å². The first kappa shape index (κ1) is 13.6. The molecular formula is C12H18N2S2. The van der Waals surface area contributed by atoms with E-state index in [1.54, 1.807) is 23.1 Å². The summed E-state index contributed by atoms with van der Waals surface area (Å²) < 4.78 is 0. The number of rotatable bonds is 7. The molecule has 0 atom stereocenters. The van der Waals surface area contributed by atoms with Crippen LogP contribution in [0.4, 0.5) is 0 Å². The maximum Gasteiger partial charge on any atom is 0.0954 e. The maximum absolute atomic E-state index is 5.17. The van der Waals surface area contributed by atoms with Gasteiger partial charge in [0.05, 0.1) is 16.5 Å². The Morgan fingerprint density at radius 1 is 1.62 bits per heavy atom.